The minimum atomic E-state index is -0.192. The summed E-state index contributed by atoms with van der Waals surface area (Å²) in [5.74, 6) is -0.193. The quantitative estimate of drug-likeness (QED) is 0.710. The van der Waals surface area contributed by atoms with Gasteiger partial charge in [-0.15, -0.1) is 11.3 Å². The summed E-state index contributed by atoms with van der Waals surface area (Å²) in [5.41, 5.74) is 2.97. The van der Waals surface area contributed by atoms with Gasteiger partial charge in [-0.05, 0) is 38.1 Å². The molecule has 0 saturated heterocycles. The smallest absolute Gasteiger partial charge is 0.267 e. The fourth-order valence-corrected chi connectivity index (χ4v) is 3.25. The number of benzene rings is 2. The zero-order valence-electron chi connectivity index (χ0n) is 13.4. The van der Waals surface area contributed by atoms with Crippen LogP contribution in [0.25, 0.3) is 10.6 Å². The van der Waals surface area contributed by atoms with Gasteiger partial charge in [0.25, 0.3) is 5.91 Å². The largest absolute Gasteiger partial charge is 0.321 e. The van der Waals surface area contributed by atoms with Crippen molar-refractivity contribution in [2.45, 2.75) is 13.8 Å². The molecule has 0 spiro atoms. The zero-order chi connectivity index (χ0) is 17.1. The van der Waals surface area contributed by atoms with Crippen molar-refractivity contribution >= 4 is 28.7 Å². The number of hydrogen-bond acceptors (Lipinski definition) is 4. The van der Waals surface area contributed by atoms with Crippen molar-refractivity contribution in [3.63, 3.8) is 0 Å². The van der Waals surface area contributed by atoms with E-state index in [4.69, 9.17) is 0 Å². The van der Waals surface area contributed by atoms with E-state index in [2.05, 4.69) is 10.3 Å². The number of rotatable bonds is 4. The zero-order valence-corrected chi connectivity index (χ0v) is 14.2. The molecule has 1 N–H and O–H groups in total. The third-order valence-corrected chi connectivity index (χ3v) is 4.78. The first-order valence-electron chi connectivity index (χ1n) is 7.50. The van der Waals surface area contributed by atoms with Gasteiger partial charge in [0.05, 0.1) is 5.69 Å². The number of anilines is 1. The van der Waals surface area contributed by atoms with Crippen molar-refractivity contribution in [2.75, 3.05) is 5.32 Å². The molecule has 3 aromatic rings. The van der Waals surface area contributed by atoms with E-state index in [0.717, 1.165) is 10.6 Å². The number of amides is 1. The third-order valence-electron chi connectivity index (χ3n) is 3.57. The number of Topliss-reactive ketones (excluding diaryl/α,β-unsaturated/α-hetero) is 1. The molecule has 120 valence electrons. The van der Waals surface area contributed by atoms with Crippen molar-refractivity contribution < 1.29 is 9.59 Å². The summed E-state index contributed by atoms with van der Waals surface area (Å²) in [7, 11) is 0. The summed E-state index contributed by atoms with van der Waals surface area (Å²) in [6, 6.07) is 16.6. The van der Waals surface area contributed by atoms with E-state index < -0.39 is 0 Å². The number of nitrogens with one attached hydrogen (secondary N) is 1. The normalized spacial score (nSPS) is 10.4. The Morgan fingerprint density at radius 1 is 1.00 bits per heavy atom. The molecule has 1 amide bonds. The Kier molecular flexibility index (Phi) is 4.53. The van der Waals surface area contributed by atoms with E-state index in [9.17, 15) is 9.59 Å². The number of hydrogen-bond donors (Lipinski definition) is 1. The average molecular weight is 336 g/mol. The number of ketones is 1. The summed E-state index contributed by atoms with van der Waals surface area (Å²) in [6.07, 6.45) is 0. The molecule has 3 rings (SSSR count). The molecular formula is C19H16N2O2S. The van der Waals surface area contributed by atoms with Crippen LogP contribution >= 0.6 is 11.3 Å². The second kappa shape index (κ2) is 6.76. The summed E-state index contributed by atoms with van der Waals surface area (Å²) in [6.45, 7) is 3.34. The molecule has 1 heterocycles. The first-order chi connectivity index (χ1) is 11.5. The van der Waals surface area contributed by atoms with Crippen LogP contribution in [0.3, 0.4) is 0 Å². The Morgan fingerprint density at radius 2 is 1.67 bits per heavy atom. The van der Waals surface area contributed by atoms with Crippen molar-refractivity contribution in [1.29, 1.82) is 0 Å². The van der Waals surface area contributed by atoms with Crippen LogP contribution in [0.4, 0.5) is 5.69 Å². The Bertz CT molecular complexity index is 883. The molecule has 4 nitrogen and oxygen atoms in total. The molecule has 0 unspecified atom stereocenters. The van der Waals surface area contributed by atoms with E-state index in [-0.39, 0.29) is 11.7 Å². The van der Waals surface area contributed by atoms with Gasteiger partial charge in [0.1, 0.15) is 9.88 Å². The molecule has 24 heavy (non-hydrogen) atoms. The van der Waals surface area contributed by atoms with Gasteiger partial charge in [0.15, 0.2) is 5.78 Å². The fraction of sp³-hybridized carbons (Fsp3) is 0.105. The molecule has 0 atom stereocenters. The van der Waals surface area contributed by atoms with Crippen LogP contribution in [-0.4, -0.2) is 16.7 Å². The van der Waals surface area contributed by atoms with Crippen LogP contribution in [0.2, 0.25) is 0 Å². The minimum absolute atomic E-state index is 0.00122. The molecule has 0 saturated carbocycles. The van der Waals surface area contributed by atoms with Crippen molar-refractivity contribution in [1.82, 2.24) is 4.98 Å². The lowest BCUT2D eigenvalue weighted by Crippen LogP contribution is -2.11. The van der Waals surface area contributed by atoms with E-state index in [0.29, 0.717) is 21.8 Å². The Labute approximate surface area is 144 Å². The average Bonchev–Trinajstić information content (AvgIpc) is 2.98. The van der Waals surface area contributed by atoms with Gasteiger partial charge in [0.2, 0.25) is 0 Å². The number of thiazole rings is 1. The first kappa shape index (κ1) is 16.1. The van der Waals surface area contributed by atoms with Crippen LogP contribution in [0, 0.1) is 6.92 Å². The lowest BCUT2D eigenvalue weighted by atomic mass is 10.1. The molecule has 5 heteroatoms. The second-order valence-corrected chi connectivity index (χ2v) is 6.39. The lowest BCUT2D eigenvalue weighted by Gasteiger charge is -2.04. The molecule has 0 radical (unpaired) electrons. The van der Waals surface area contributed by atoms with Crippen LogP contribution in [0.1, 0.15) is 32.6 Å². The Hall–Kier alpha value is -2.79. The predicted octanol–water partition coefficient (Wildman–Crippen LogP) is 4.57. The number of aromatic nitrogens is 1. The molecule has 0 aliphatic heterocycles. The van der Waals surface area contributed by atoms with Crippen molar-refractivity contribution in [2.24, 2.45) is 0 Å². The van der Waals surface area contributed by atoms with Gasteiger partial charge in [-0.2, -0.15) is 0 Å². The summed E-state index contributed by atoms with van der Waals surface area (Å²) in [5, 5.41) is 3.67. The van der Waals surface area contributed by atoms with Crippen molar-refractivity contribution in [3.8, 4) is 10.6 Å². The van der Waals surface area contributed by atoms with Gasteiger partial charge in [-0.1, -0.05) is 30.3 Å². The molecule has 0 aliphatic carbocycles. The number of nitrogens with zero attached hydrogens (tertiary/aromatic N) is 1. The van der Waals surface area contributed by atoms with Crippen molar-refractivity contribution in [3.05, 3.63) is 70.7 Å². The molecular weight excluding hydrogens is 320 g/mol. The summed E-state index contributed by atoms with van der Waals surface area (Å²) >= 11 is 1.37. The monoisotopic (exact) mass is 336 g/mol. The number of aryl methyl sites for hydroxylation is 1. The van der Waals surface area contributed by atoms with Crippen LogP contribution in [-0.2, 0) is 0 Å². The molecule has 0 fully saturated rings. The van der Waals surface area contributed by atoms with Gasteiger partial charge in [-0.25, -0.2) is 4.98 Å². The highest BCUT2D eigenvalue weighted by molar-refractivity contribution is 7.17. The van der Waals surface area contributed by atoms with Gasteiger partial charge in [0, 0.05) is 16.8 Å². The Morgan fingerprint density at radius 3 is 2.29 bits per heavy atom. The van der Waals surface area contributed by atoms with E-state index in [1.165, 1.54) is 18.3 Å². The number of carbonyl (C=O) groups excluding carboxylic acids is 2. The van der Waals surface area contributed by atoms with E-state index >= 15 is 0 Å². The highest BCUT2D eigenvalue weighted by Crippen LogP contribution is 2.28. The molecule has 0 bridgehead atoms. The summed E-state index contributed by atoms with van der Waals surface area (Å²) in [4.78, 5) is 28.9. The van der Waals surface area contributed by atoms with Crippen LogP contribution < -0.4 is 5.32 Å². The molecule has 0 aliphatic rings. The fourth-order valence-electron chi connectivity index (χ4n) is 2.29. The second-order valence-electron chi connectivity index (χ2n) is 5.39. The third kappa shape index (κ3) is 3.41. The van der Waals surface area contributed by atoms with Crippen LogP contribution in [0.5, 0.6) is 0 Å². The lowest BCUT2D eigenvalue weighted by molar-refractivity contribution is 0.101. The number of carbonyl (C=O) groups is 2. The van der Waals surface area contributed by atoms with Gasteiger partial charge >= 0.3 is 0 Å². The highest BCUT2D eigenvalue weighted by atomic mass is 32.1. The molecule has 2 aromatic carbocycles. The minimum Gasteiger partial charge on any atom is -0.321 e. The van der Waals surface area contributed by atoms with Gasteiger partial charge in [-0.3, -0.25) is 9.59 Å². The standard InChI is InChI=1S/C19H16N2O2S/c1-12-17(24-19(20-12)15-6-4-3-5-7-15)18(23)21-16-10-8-14(9-11-16)13(2)22/h3-11H,1-2H3,(H,21,23). The maximum absolute atomic E-state index is 12.5. The molecule has 1 aromatic heterocycles. The van der Waals surface area contributed by atoms with E-state index in [1.807, 2.05) is 37.3 Å². The van der Waals surface area contributed by atoms with E-state index in [1.54, 1.807) is 24.3 Å². The van der Waals surface area contributed by atoms with Gasteiger partial charge < -0.3 is 5.32 Å². The highest BCUT2D eigenvalue weighted by Gasteiger charge is 2.16. The SMILES string of the molecule is CC(=O)c1ccc(NC(=O)c2sc(-c3ccccc3)nc2C)cc1. The maximum atomic E-state index is 12.5. The van der Waals surface area contributed by atoms with Crippen LogP contribution in [0.15, 0.2) is 54.6 Å². The predicted molar refractivity (Wildman–Crippen MR) is 96.7 cm³/mol. The topological polar surface area (TPSA) is 59.1 Å². The summed E-state index contributed by atoms with van der Waals surface area (Å²) < 4.78 is 0. The first-order valence-corrected chi connectivity index (χ1v) is 8.31. The Balaban J connectivity index is 1.80. The maximum Gasteiger partial charge on any atom is 0.267 e.